The topological polar surface area (TPSA) is 99.2 Å². The van der Waals surface area contributed by atoms with Crippen molar-refractivity contribution in [2.75, 3.05) is 6.54 Å². The molecular weight excluding hydrogens is 546 g/mol. The van der Waals surface area contributed by atoms with E-state index in [9.17, 15) is 18.0 Å². The van der Waals surface area contributed by atoms with E-state index in [0.29, 0.717) is 0 Å². The maximum Gasteiger partial charge on any atom is 0.419 e. The van der Waals surface area contributed by atoms with Gasteiger partial charge < -0.3 is 13.9 Å². The van der Waals surface area contributed by atoms with Gasteiger partial charge in [0.15, 0.2) is 9.84 Å². The van der Waals surface area contributed by atoms with Crippen LogP contribution in [-0.4, -0.2) is 57.7 Å². The molecule has 8 nitrogen and oxygen atoms in total. The average molecular weight is 598 g/mol. The zero-order valence-electron chi connectivity index (χ0n) is 26.5. The Morgan fingerprint density at radius 2 is 1.25 bits per heavy atom. The van der Waals surface area contributed by atoms with Crippen molar-refractivity contribution in [3.05, 3.63) is 41.8 Å². The summed E-state index contributed by atoms with van der Waals surface area (Å²) >= 11 is 0. The monoisotopic (exact) mass is 597 g/mol. The van der Waals surface area contributed by atoms with Crippen LogP contribution >= 0.6 is 0 Å². The van der Waals surface area contributed by atoms with Gasteiger partial charge in [-0.2, -0.15) is 0 Å². The van der Waals surface area contributed by atoms with Crippen molar-refractivity contribution in [2.24, 2.45) is 0 Å². The van der Waals surface area contributed by atoms with E-state index in [0.717, 1.165) is 4.90 Å². The summed E-state index contributed by atoms with van der Waals surface area (Å²) in [5.74, 6) is 0. The minimum absolute atomic E-state index is 0.0804. The highest BCUT2D eigenvalue weighted by molar-refractivity contribution is 7.94. The van der Waals surface area contributed by atoms with Crippen LogP contribution in [-0.2, 0) is 23.7 Å². The summed E-state index contributed by atoms with van der Waals surface area (Å²) in [5.41, 5.74) is -0.941. The number of imide groups is 1. The molecule has 0 aromatic heterocycles. The molecule has 0 heterocycles. The fourth-order valence-electron chi connectivity index (χ4n) is 4.89. The molecule has 1 rings (SSSR count). The van der Waals surface area contributed by atoms with E-state index in [1.54, 1.807) is 65.8 Å². The van der Waals surface area contributed by atoms with Crippen LogP contribution in [0.1, 0.15) is 89.5 Å². The SMILES string of the molecule is CC(C)[Si](OC(/C=C/S(=O)(=O)c1ccccc1)CCN(C(=O)OC(C)(C)C)C(=O)OC(C)(C)C)(C(C)C)C(C)C. The van der Waals surface area contributed by atoms with Gasteiger partial charge in [0, 0.05) is 12.0 Å². The molecule has 10 heteroatoms. The smallest absolute Gasteiger partial charge is 0.419 e. The molecule has 1 atom stereocenters. The third-order valence-corrected chi connectivity index (χ3v) is 14.0. The van der Waals surface area contributed by atoms with Crippen molar-refractivity contribution in [3.8, 4) is 0 Å². The lowest BCUT2D eigenvalue weighted by Gasteiger charge is -2.44. The molecule has 0 aliphatic rings. The Morgan fingerprint density at radius 1 is 0.825 bits per heavy atom. The number of carbonyl (C=O) groups excluding carboxylic acids is 2. The number of hydrogen-bond acceptors (Lipinski definition) is 7. The first-order chi connectivity index (χ1) is 18.1. The Bertz CT molecular complexity index is 1050. The first kappa shape index (κ1) is 35.9. The fourth-order valence-corrected chi connectivity index (χ4v) is 11.5. The zero-order chi connectivity index (χ0) is 31.1. The first-order valence-electron chi connectivity index (χ1n) is 14.0. The molecule has 1 aromatic rings. The van der Waals surface area contributed by atoms with Crippen LogP contribution in [0.15, 0.2) is 46.7 Å². The van der Waals surface area contributed by atoms with Crippen LogP contribution in [0.2, 0.25) is 16.6 Å². The van der Waals surface area contributed by atoms with Gasteiger partial charge in [-0.3, -0.25) is 0 Å². The molecule has 0 saturated heterocycles. The molecule has 1 unspecified atom stereocenters. The Kier molecular flexibility index (Phi) is 12.7. The molecule has 0 saturated carbocycles. The van der Waals surface area contributed by atoms with E-state index in [2.05, 4.69) is 41.5 Å². The molecule has 0 spiro atoms. The Balaban J connectivity index is 3.50. The molecular formula is C30H51NO7SSi. The maximum absolute atomic E-state index is 13.1. The van der Waals surface area contributed by atoms with Gasteiger partial charge in [0.1, 0.15) is 11.2 Å². The van der Waals surface area contributed by atoms with Gasteiger partial charge in [-0.25, -0.2) is 22.9 Å². The van der Waals surface area contributed by atoms with Crippen LogP contribution in [0.25, 0.3) is 0 Å². The van der Waals surface area contributed by atoms with E-state index >= 15 is 0 Å². The normalized spacial score (nSPS) is 14.2. The van der Waals surface area contributed by atoms with Gasteiger partial charge in [0.2, 0.25) is 8.32 Å². The number of rotatable bonds is 11. The standard InChI is InChI=1S/C30H51NO7SSi/c1-22(2)40(23(3)4,24(5)6)38-25(19-21-39(34,35)26-16-14-13-15-17-26)18-20-31(27(32)36-29(7,8)9)28(33)37-30(10,11)12/h13-17,19,21-25H,18,20H2,1-12H3/b21-19+. The van der Waals surface area contributed by atoms with Crippen molar-refractivity contribution < 1.29 is 31.9 Å². The van der Waals surface area contributed by atoms with Crippen LogP contribution < -0.4 is 0 Å². The van der Waals surface area contributed by atoms with E-state index in [-0.39, 0.29) is 34.5 Å². The summed E-state index contributed by atoms with van der Waals surface area (Å²) in [5, 5.41) is 1.17. The van der Waals surface area contributed by atoms with Gasteiger partial charge in [-0.05, 0) is 82.8 Å². The maximum atomic E-state index is 13.1. The molecule has 0 radical (unpaired) electrons. The van der Waals surface area contributed by atoms with Gasteiger partial charge in [0.25, 0.3) is 0 Å². The summed E-state index contributed by atoms with van der Waals surface area (Å²) in [6.07, 6.45) is -0.632. The molecule has 40 heavy (non-hydrogen) atoms. The van der Waals surface area contributed by atoms with E-state index in [1.165, 1.54) is 17.5 Å². The van der Waals surface area contributed by atoms with Gasteiger partial charge in [0.05, 0.1) is 11.0 Å². The molecule has 228 valence electrons. The highest BCUT2D eigenvalue weighted by Crippen LogP contribution is 2.43. The second-order valence-electron chi connectivity index (χ2n) is 13.1. The molecule has 0 N–H and O–H groups in total. The van der Waals surface area contributed by atoms with Crippen molar-refractivity contribution in [1.29, 1.82) is 0 Å². The molecule has 1 aromatic carbocycles. The van der Waals surface area contributed by atoms with Crippen molar-refractivity contribution in [2.45, 2.75) is 128 Å². The lowest BCUT2D eigenvalue weighted by atomic mass is 10.2. The van der Waals surface area contributed by atoms with Crippen LogP contribution in [0.5, 0.6) is 0 Å². The van der Waals surface area contributed by atoms with Crippen LogP contribution in [0, 0.1) is 0 Å². The number of ether oxygens (including phenoxy) is 2. The minimum atomic E-state index is -3.73. The van der Waals surface area contributed by atoms with Crippen molar-refractivity contribution in [3.63, 3.8) is 0 Å². The highest BCUT2D eigenvalue weighted by Gasteiger charge is 2.46. The zero-order valence-corrected chi connectivity index (χ0v) is 28.3. The van der Waals surface area contributed by atoms with Crippen molar-refractivity contribution in [1.82, 2.24) is 4.90 Å². The number of sulfone groups is 1. The molecule has 2 amide bonds. The molecule has 0 aliphatic heterocycles. The second kappa shape index (κ2) is 14.1. The van der Waals surface area contributed by atoms with Crippen molar-refractivity contribution >= 4 is 30.3 Å². The fraction of sp³-hybridized carbons (Fsp3) is 0.667. The Hall–Kier alpha value is -2.17. The Morgan fingerprint density at radius 3 is 1.62 bits per heavy atom. The number of nitrogens with zero attached hydrogens (tertiary/aromatic N) is 1. The largest absolute Gasteiger partial charge is 0.443 e. The minimum Gasteiger partial charge on any atom is -0.443 e. The van der Waals surface area contributed by atoms with Crippen LogP contribution in [0.3, 0.4) is 0 Å². The first-order valence-corrected chi connectivity index (χ1v) is 17.7. The van der Waals surface area contributed by atoms with Gasteiger partial charge >= 0.3 is 12.2 Å². The number of hydrogen-bond donors (Lipinski definition) is 0. The number of benzene rings is 1. The molecule has 0 fully saturated rings. The predicted molar refractivity (Wildman–Crippen MR) is 162 cm³/mol. The second-order valence-corrected chi connectivity index (χ2v) is 20.3. The van der Waals surface area contributed by atoms with Gasteiger partial charge in [-0.15, -0.1) is 0 Å². The summed E-state index contributed by atoms with van der Waals surface area (Å²) in [6, 6.07) is 8.17. The summed E-state index contributed by atoms with van der Waals surface area (Å²) < 4.78 is 44.1. The summed E-state index contributed by atoms with van der Waals surface area (Å²) in [7, 11) is -6.20. The molecule has 0 aliphatic carbocycles. The highest BCUT2D eigenvalue weighted by atomic mass is 32.2. The van der Waals surface area contributed by atoms with E-state index in [4.69, 9.17) is 13.9 Å². The van der Waals surface area contributed by atoms with E-state index < -0.39 is 47.6 Å². The van der Waals surface area contributed by atoms with Gasteiger partial charge in [-0.1, -0.05) is 59.7 Å². The Labute approximate surface area is 243 Å². The number of amides is 2. The quantitative estimate of drug-likeness (QED) is 0.238. The summed E-state index contributed by atoms with van der Waals surface area (Å²) in [6.45, 7) is 23.1. The summed E-state index contributed by atoms with van der Waals surface area (Å²) in [4.78, 5) is 27.2. The predicted octanol–water partition coefficient (Wildman–Crippen LogP) is 8.10. The average Bonchev–Trinajstić information content (AvgIpc) is 2.78. The van der Waals surface area contributed by atoms with Crippen LogP contribution in [0.4, 0.5) is 9.59 Å². The lowest BCUT2D eigenvalue weighted by Crippen LogP contribution is -2.51. The van der Waals surface area contributed by atoms with E-state index in [1.807, 2.05) is 0 Å². The lowest BCUT2D eigenvalue weighted by molar-refractivity contribution is -0.0000213. The molecule has 0 bridgehead atoms. The third-order valence-electron chi connectivity index (χ3n) is 6.47. The number of carbonyl (C=O) groups is 2. The third kappa shape index (κ3) is 10.7.